The normalized spacial score (nSPS) is 22.2. The largest absolute Gasteiger partial charge is 0.393 e. The molecule has 1 fully saturated rings. The van der Waals surface area contributed by atoms with E-state index in [1.807, 2.05) is 4.90 Å². The van der Waals surface area contributed by atoms with Gasteiger partial charge in [0, 0.05) is 19.7 Å². The van der Waals surface area contributed by atoms with Gasteiger partial charge in [-0.25, -0.2) is 0 Å². The number of carbonyl (C=O) groups excluding carboxylic acids is 1. The van der Waals surface area contributed by atoms with Crippen LogP contribution in [-0.4, -0.2) is 41.6 Å². The molecule has 2 atom stereocenters. The Balaban J connectivity index is 2.48. The average molecular weight is 258 g/mol. The van der Waals surface area contributed by atoms with Crippen molar-refractivity contribution in [3.8, 4) is 0 Å². The SMILES string of the molecule is CCCOC1CCCN(C(=O)C(C)C(N)=S)C1. The van der Waals surface area contributed by atoms with E-state index in [0.29, 0.717) is 6.54 Å². The van der Waals surface area contributed by atoms with Crippen molar-refractivity contribution >= 4 is 23.1 Å². The molecular weight excluding hydrogens is 236 g/mol. The number of hydrogen-bond acceptors (Lipinski definition) is 3. The number of nitrogens with zero attached hydrogens (tertiary/aromatic N) is 1. The number of piperidine rings is 1. The molecular formula is C12H22N2O2S. The molecule has 17 heavy (non-hydrogen) atoms. The summed E-state index contributed by atoms with van der Waals surface area (Å²) in [6, 6.07) is 0. The predicted octanol–water partition coefficient (Wildman–Crippen LogP) is 1.33. The van der Waals surface area contributed by atoms with E-state index < -0.39 is 0 Å². The minimum Gasteiger partial charge on any atom is -0.393 e. The van der Waals surface area contributed by atoms with Crippen molar-refractivity contribution in [2.45, 2.75) is 39.2 Å². The molecule has 0 aromatic carbocycles. The molecule has 1 aliphatic rings. The number of nitrogens with two attached hydrogens (primary N) is 1. The molecule has 0 aromatic heterocycles. The van der Waals surface area contributed by atoms with Crippen LogP contribution in [0.5, 0.6) is 0 Å². The molecule has 1 rings (SSSR count). The second kappa shape index (κ2) is 6.91. The third-order valence-corrected chi connectivity index (χ3v) is 3.40. The highest BCUT2D eigenvalue weighted by Crippen LogP contribution is 2.16. The van der Waals surface area contributed by atoms with Gasteiger partial charge in [-0.05, 0) is 26.2 Å². The molecule has 0 radical (unpaired) electrons. The highest BCUT2D eigenvalue weighted by atomic mass is 32.1. The zero-order chi connectivity index (χ0) is 12.8. The molecule has 0 bridgehead atoms. The highest BCUT2D eigenvalue weighted by molar-refractivity contribution is 7.80. The number of rotatable bonds is 5. The fraction of sp³-hybridized carbons (Fsp3) is 0.833. The minimum atomic E-state index is -0.366. The molecule has 2 unspecified atom stereocenters. The Labute approximate surface area is 108 Å². The van der Waals surface area contributed by atoms with Gasteiger partial charge in [0.2, 0.25) is 5.91 Å². The molecule has 4 nitrogen and oxygen atoms in total. The smallest absolute Gasteiger partial charge is 0.232 e. The summed E-state index contributed by atoms with van der Waals surface area (Å²) >= 11 is 4.86. The number of ether oxygens (including phenoxy) is 1. The van der Waals surface area contributed by atoms with Crippen LogP contribution in [0, 0.1) is 5.92 Å². The van der Waals surface area contributed by atoms with Crippen LogP contribution in [0.1, 0.15) is 33.1 Å². The van der Waals surface area contributed by atoms with Gasteiger partial charge in [-0.2, -0.15) is 0 Å². The summed E-state index contributed by atoms with van der Waals surface area (Å²) in [5, 5.41) is 0. The first-order valence-corrected chi connectivity index (χ1v) is 6.66. The van der Waals surface area contributed by atoms with Crippen LogP contribution in [0.2, 0.25) is 0 Å². The molecule has 5 heteroatoms. The van der Waals surface area contributed by atoms with Crippen molar-refractivity contribution in [2.24, 2.45) is 11.7 Å². The highest BCUT2D eigenvalue weighted by Gasteiger charge is 2.28. The van der Waals surface area contributed by atoms with Crippen LogP contribution in [-0.2, 0) is 9.53 Å². The average Bonchev–Trinajstić information content (AvgIpc) is 2.34. The molecule has 2 N–H and O–H groups in total. The zero-order valence-electron chi connectivity index (χ0n) is 10.6. The van der Waals surface area contributed by atoms with Crippen LogP contribution >= 0.6 is 12.2 Å². The lowest BCUT2D eigenvalue weighted by molar-refractivity contribution is -0.137. The third kappa shape index (κ3) is 4.24. The Kier molecular flexibility index (Phi) is 5.85. The molecule has 1 heterocycles. The van der Waals surface area contributed by atoms with E-state index in [0.717, 1.165) is 32.4 Å². The van der Waals surface area contributed by atoms with Crippen molar-refractivity contribution in [2.75, 3.05) is 19.7 Å². The Morgan fingerprint density at radius 3 is 2.94 bits per heavy atom. The molecule has 1 saturated heterocycles. The lowest BCUT2D eigenvalue weighted by Gasteiger charge is -2.34. The maximum absolute atomic E-state index is 12.1. The molecule has 1 aliphatic heterocycles. The lowest BCUT2D eigenvalue weighted by Crippen LogP contribution is -2.47. The summed E-state index contributed by atoms with van der Waals surface area (Å²) in [4.78, 5) is 14.2. The number of amides is 1. The Morgan fingerprint density at radius 2 is 2.35 bits per heavy atom. The first kappa shape index (κ1) is 14.4. The van der Waals surface area contributed by atoms with Crippen LogP contribution in [0.3, 0.4) is 0 Å². The van der Waals surface area contributed by atoms with Crippen molar-refractivity contribution in [1.29, 1.82) is 0 Å². The Hall–Kier alpha value is -0.680. The van der Waals surface area contributed by atoms with Gasteiger partial charge < -0.3 is 15.4 Å². The zero-order valence-corrected chi connectivity index (χ0v) is 11.5. The maximum Gasteiger partial charge on any atom is 0.232 e. The fourth-order valence-electron chi connectivity index (χ4n) is 1.95. The molecule has 0 spiro atoms. The van der Waals surface area contributed by atoms with Gasteiger partial charge in [0.1, 0.15) is 0 Å². The summed E-state index contributed by atoms with van der Waals surface area (Å²) in [7, 11) is 0. The molecule has 0 saturated carbocycles. The molecule has 1 amide bonds. The monoisotopic (exact) mass is 258 g/mol. The van der Waals surface area contributed by atoms with Gasteiger partial charge in [0.25, 0.3) is 0 Å². The van der Waals surface area contributed by atoms with Crippen molar-refractivity contribution in [1.82, 2.24) is 4.90 Å². The van der Waals surface area contributed by atoms with Gasteiger partial charge in [-0.15, -0.1) is 0 Å². The van der Waals surface area contributed by atoms with Gasteiger partial charge in [0.15, 0.2) is 0 Å². The number of thiocarbonyl (C=S) groups is 1. The molecule has 0 aliphatic carbocycles. The van der Waals surface area contributed by atoms with Gasteiger partial charge in [0.05, 0.1) is 17.0 Å². The van der Waals surface area contributed by atoms with Crippen LogP contribution in [0.15, 0.2) is 0 Å². The van der Waals surface area contributed by atoms with Crippen molar-refractivity contribution in [3.05, 3.63) is 0 Å². The maximum atomic E-state index is 12.1. The van der Waals surface area contributed by atoms with E-state index in [9.17, 15) is 4.79 Å². The van der Waals surface area contributed by atoms with Crippen LogP contribution in [0.25, 0.3) is 0 Å². The Morgan fingerprint density at radius 1 is 1.65 bits per heavy atom. The summed E-state index contributed by atoms with van der Waals surface area (Å²) in [6.07, 6.45) is 3.20. The summed E-state index contributed by atoms with van der Waals surface area (Å²) < 4.78 is 5.69. The number of carbonyl (C=O) groups is 1. The Bertz CT molecular complexity index is 284. The summed E-state index contributed by atoms with van der Waals surface area (Å²) in [5.41, 5.74) is 5.51. The third-order valence-electron chi connectivity index (χ3n) is 3.04. The van der Waals surface area contributed by atoms with E-state index in [4.69, 9.17) is 22.7 Å². The first-order chi connectivity index (χ1) is 8.06. The van der Waals surface area contributed by atoms with E-state index >= 15 is 0 Å². The van der Waals surface area contributed by atoms with Crippen molar-refractivity contribution in [3.63, 3.8) is 0 Å². The topological polar surface area (TPSA) is 55.6 Å². The second-order valence-corrected chi connectivity index (χ2v) is 5.01. The van der Waals surface area contributed by atoms with Gasteiger partial charge in [-0.1, -0.05) is 19.1 Å². The van der Waals surface area contributed by atoms with Crippen LogP contribution < -0.4 is 5.73 Å². The van der Waals surface area contributed by atoms with Crippen LogP contribution in [0.4, 0.5) is 0 Å². The predicted molar refractivity (Wildman–Crippen MR) is 71.8 cm³/mol. The van der Waals surface area contributed by atoms with E-state index in [-0.39, 0.29) is 22.9 Å². The first-order valence-electron chi connectivity index (χ1n) is 6.26. The second-order valence-electron chi connectivity index (χ2n) is 4.54. The standard InChI is InChI=1S/C12H22N2O2S/c1-3-7-16-10-5-4-6-14(8-10)12(15)9(2)11(13)17/h9-10H,3-8H2,1-2H3,(H2,13,17). The van der Waals surface area contributed by atoms with E-state index in [1.54, 1.807) is 6.92 Å². The lowest BCUT2D eigenvalue weighted by atomic mass is 10.0. The van der Waals surface area contributed by atoms with E-state index in [2.05, 4.69) is 6.92 Å². The fourth-order valence-corrected chi connectivity index (χ4v) is 2.06. The van der Waals surface area contributed by atoms with E-state index in [1.165, 1.54) is 0 Å². The quantitative estimate of drug-likeness (QED) is 0.756. The molecule has 98 valence electrons. The number of likely N-dealkylation sites (tertiary alicyclic amines) is 1. The summed E-state index contributed by atoms with van der Waals surface area (Å²) in [6.45, 7) is 6.07. The minimum absolute atomic E-state index is 0.0299. The van der Waals surface area contributed by atoms with Gasteiger partial charge >= 0.3 is 0 Å². The number of hydrogen-bond donors (Lipinski definition) is 1. The van der Waals surface area contributed by atoms with Crippen molar-refractivity contribution < 1.29 is 9.53 Å². The summed E-state index contributed by atoms with van der Waals surface area (Å²) in [5.74, 6) is -0.336. The molecule has 0 aromatic rings. The van der Waals surface area contributed by atoms with Gasteiger partial charge in [-0.3, -0.25) is 4.79 Å².